The average molecular weight is 374 g/mol. The van der Waals surface area contributed by atoms with E-state index in [1.54, 1.807) is 0 Å². The van der Waals surface area contributed by atoms with Crippen molar-refractivity contribution >= 4 is 5.96 Å². The monoisotopic (exact) mass is 374 g/mol. The molecule has 9 heteroatoms. The predicted molar refractivity (Wildman–Crippen MR) is 95.9 cm³/mol. The van der Waals surface area contributed by atoms with E-state index in [4.69, 9.17) is 0 Å². The SMILES string of the molecule is CCNC(=NCc1cn(C)nc1C(F)(F)F)NC1CCN(C(C)C)CC1. The normalized spacial score (nSPS) is 17.8. The average Bonchev–Trinajstić information content (AvgIpc) is 2.94. The van der Waals surface area contributed by atoms with Crippen LogP contribution in [0.1, 0.15) is 44.9 Å². The summed E-state index contributed by atoms with van der Waals surface area (Å²) in [6.07, 6.45) is -1.12. The minimum absolute atomic E-state index is 0.0666. The highest BCUT2D eigenvalue weighted by molar-refractivity contribution is 5.80. The Morgan fingerprint density at radius 1 is 1.35 bits per heavy atom. The van der Waals surface area contributed by atoms with Crippen LogP contribution < -0.4 is 10.6 Å². The van der Waals surface area contributed by atoms with Gasteiger partial charge in [-0.2, -0.15) is 18.3 Å². The maximum atomic E-state index is 13.0. The van der Waals surface area contributed by atoms with E-state index in [1.165, 1.54) is 17.9 Å². The molecule has 0 spiro atoms. The summed E-state index contributed by atoms with van der Waals surface area (Å²) < 4.78 is 40.3. The Bertz CT molecular complexity index is 600. The lowest BCUT2D eigenvalue weighted by Gasteiger charge is -2.35. The number of hydrogen-bond donors (Lipinski definition) is 2. The van der Waals surface area contributed by atoms with Gasteiger partial charge in [0.25, 0.3) is 0 Å². The van der Waals surface area contributed by atoms with Crippen molar-refractivity contribution in [3.8, 4) is 0 Å². The lowest BCUT2D eigenvalue weighted by molar-refractivity contribution is -0.142. The molecule has 1 saturated heterocycles. The molecule has 0 bridgehead atoms. The van der Waals surface area contributed by atoms with Crippen LogP contribution in [0.5, 0.6) is 0 Å². The fraction of sp³-hybridized carbons (Fsp3) is 0.765. The third kappa shape index (κ3) is 5.62. The minimum atomic E-state index is -4.47. The number of aryl methyl sites for hydroxylation is 1. The molecule has 148 valence electrons. The van der Waals surface area contributed by atoms with Crippen LogP contribution in [0, 0.1) is 0 Å². The standard InChI is InChI=1S/C17H29F3N6/c1-5-21-16(23-14-6-8-26(9-7-14)12(2)3)22-10-13-11-25(4)24-15(13)17(18,19)20/h11-12,14H,5-10H2,1-4H3,(H2,21,22,23). The number of halogens is 3. The number of hydrogen-bond acceptors (Lipinski definition) is 3. The van der Waals surface area contributed by atoms with E-state index in [2.05, 4.69) is 39.5 Å². The number of guanidine groups is 1. The fourth-order valence-electron chi connectivity index (χ4n) is 3.13. The second-order valence-electron chi connectivity index (χ2n) is 6.92. The lowest BCUT2D eigenvalue weighted by Crippen LogP contribution is -2.49. The number of rotatable bonds is 5. The molecule has 0 radical (unpaired) electrons. The topological polar surface area (TPSA) is 57.5 Å². The second-order valence-corrected chi connectivity index (χ2v) is 6.92. The molecule has 2 N–H and O–H groups in total. The van der Waals surface area contributed by atoms with E-state index in [0.717, 1.165) is 25.9 Å². The molecule has 0 unspecified atom stereocenters. The fourth-order valence-corrected chi connectivity index (χ4v) is 3.13. The Balaban J connectivity index is 2.02. The molecular weight excluding hydrogens is 345 g/mol. The molecule has 6 nitrogen and oxygen atoms in total. The van der Waals surface area contributed by atoms with Crippen molar-refractivity contribution in [1.29, 1.82) is 0 Å². The summed E-state index contributed by atoms with van der Waals surface area (Å²) in [5.41, 5.74) is -0.795. The number of likely N-dealkylation sites (tertiary alicyclic amines) is 1. The Labute approximate surface area is 152 Å². The number of aromatic nitrogens is 2. The van der Waals surface area contributed by atoms with Crippen molar-refractivity contribution in [1.82, 2.24) is 25.3 Å². The highest BCUT2D eigenvalue weighted by Crippen LogP contribution is 2.30. The number of alkyl halides is 3. The van der Waals surface area contributed by atoms with Crippen molar-refractivity contribution in [2.24, 2.45) is 12.0 Å². The van der Waals surface area contributed by atoms with Gasteiger partial charge in [0.15, 0.2) is 11.7 Å². The molecule has 2 heterocycles. The van der Waals surface area contributed by atoms with Gasteiger partial charge in [0.2, 0.25) is 0 Å². The first-order chi connectivity index (χ1) is 12.2. The van der Waals surface area contributed by atoms with Crippen LogP contribution in [0.2, 0.25) is 0 Å². The van der Waals surface area contributed by atoms with Crippen molar-refractivity contribution < 1.29 is 13.2 Å². The molecule has 1 fully saturated rings. The highest BCUT2D eigenvalue weighted by Gasteiger charge is 2.36. The number of aliphatic imine (C=N–C) groups is 1. The van der Waals surface area contributed by atoms with E-state index >= 15 is 0 Å². The molecule has 0 aliphatic carbocycles. The molecule has 2 rings (SSSR count). The second kappa shape index (κ2) is 8.75. The van der Waals surface area contributed by atoms with Crippen LogP contribution >= 0.6 is 0 Å². The Morgan fingerprint density at radius 3 is 2.54 bits per heavy atom. The zero-order valence-corrected chi connectivity index (χ0v) is 15.9. The summed E-state index contributed by atoms with van der Waals surface area (Å²) in [5, 5.41) is 9.99. The molecule has 0 saturated carbocycles. The predicted octanol–water partition coefficient (Wildman–Crippen LogP) is 2.37. The van der Waals surface area contributed by atoms with Gasteiger partial charge in [-0.15, -0.1) is 0 Å². The summed E-state index contributed by atoms with van der Waals surface area (Å²) in [6.45, 7) is 8.91. The molecule has 0 amide bonds. The van der Waals surface area contributed by atoms with Gasteiger partial charge in [-0.3, -0.25) is 4.68 Å². The van der Waals surface area contributed by atoms with Crippen LogP contribution in [-0.4, -0.2) is 52.4 Å². The van der Waals surface area contributed by atoms with Crippen LogP contribution in [0.4, 0.5) is 13.2 Å². The first kappa shape index (κ1) is 20.5. The molecular formula is C17H29F3N6. The minimum Gasteiger partial charge on any atom is -0.357 e. The number of nitrogens with zero attached hydrogens (tertiary/aromatic N) is 4. The van der Waals surface area contributed by atoms with Gasteiger partial charge in [-0.1, -0.05) is 0 Å². The zero-order chi connectivity index (χ0) is 19.3. The molecule has 26 heavy (non-hydrogen) atoms. The molecule has 0 atom stereocenters. The zero-order valence-electron chi connectivity index (χ0n) is 15.9. The lowest BCUT2D eigenvalue weighted by atomic mass is 10.0. The highest BCUT2D eigenvalue weighted by atomic mass is 19.4. The first-order valence-corrected chi connectivity index (χ1v) is 9.09. The smallest absolute Gasteiger partial charge is 0.357 e. The largest absolute Gasteiger partial charge is 0.435 e. The van der Waals surface area contributed by atoms with E-state index in [1.807, 2.05) is 6.92 Å². The summed E-state index contributed by atoms with van der Waals surface area (Å²) in [7, 11) is 1.48. The third-order valence-corrected chi connectivity index (χ3v) is 4.53. The van der Waals surface area contributed by atoms with Gasteiger partial charge in [0.05, 0.1) is 6.54 Å². The van der Waals surface area contributed by atoms with Gasteiger partial charge < -0.3 is 15.5 Å². The van der Waals surface area contributed by atoms with Gasteiger partial charge in [0.1, 0.15) is 0 Å². The molecule has 0 aromatic carbocycles. The van der Waals surface area contributed by atoms with Crippen LogP contribution in [-0.2, 0) is 19.8 Å². The van der Waals surface area contributed by atoms with Crippen LogP contribution in [0.15, 0.2) is 11.2 Å². The van der Waals surface area contributed by atoms with Gasteiger partial charge in [-0.25, -0.2) is 4.99 Å². The Kier molecular flexibility index (Phi) is 6.91. The quantitative estimate of drug-likeness (QED) is 0.614. The van der Waals surface area contributed by atoms with Gasteiger partial charge >= 0.3 is 6.18 Å². The van der Waals surface area contributed by atoms with Crippen LogP contribution in [0.3, 0.4) is 0 Å². The third-order valence-electron chi connectivity index (χ3n) is 4.53. The maximum absolute atomic E-state index is 13.0. The van der Waals surface area contributed by atoms with Crippen molar-refractivity contribution in [3.63, 3.8) is 0 Å². The maximum Gasteiger partial charge on any atom is 0.435 e. The van der Waals surface area contributed by atoms with E-state index in [9.17, 15) is 13.2 Å². The van der Waals surface area contributed by atoms with Gasteiger partial charge in [-0.05, 0) is 33.6 Å². The molecule has 1 aliphatic heterocycles. The van der Waals surface area contributed by atoms with E-state index in [0.29, 0.717) is 18.5 Å². The molecule has 1 aliphatic rings. The summed E-state index contributed by atoms with van der Waals surface area (Å²) in [4.78, 5) is 6.77. The van der Waals surface area contributed by atoms with Gasteiger partial charge in [0, 0.05) is 50.5 Å². The summed E-state index contributed by atoms with van der Waals surface area (Å²) in [5.74, 6) is 0.549. The number of piperidine rings is 1. The van der Waals surface area contributed by atoms with Crippen LogP contribution in [0.25, 0.3) is 0 Å². The Hall–Kier alpha value is -1.77. The van der Waals surface area contributed by atoms with Crippen molar-refractivity contribution in [3.05, 3.63) is 17.5 Å². The summed E-state index contributed by atoms with van der Waals surface area (Å²) >= 11 is 0. The number of nitrogens with one attached hydrogen (secondary N) is 2. The van der Waals surface area contributed by atoms with E-state index < -0.39 is 11.9 Å². The Morgan fingerprint density at radius 2 is 2.00 bits per heavy atom. The van der Waals surface area contributed by atoms with E-state index in [-0.39, 0.29) is 18.2 Å². The first-order valence-electron chi connectivity index (χ1n) is 9.09. The molecule has 1 aromatic heterocycles. The molecule has 1 aromatic rings. The summed E-state index contributed by atoms with van der Waals surface area (Å²) in [6, 6.07) is 0.808. The van der Waals surface area contributed by atoms with Crippen molar-refractivity contribution in [2.45, 2.75) is 58.4 Å². The van der Waals surface area contributed by atoms with Crippen molar-refractivity contribution in [2.75, 3.05) is 19.6 Å².